The summed E-state index contributed by atoms with van der Waals surface area (Å²) in [6.45, 7) is 0. The molecule has 1 unspecified atom stereocenters. The Balaban J connectivity index is 1.97. The van der Waals surface area contributed by atoms with Gasteiger partial charge in [0.1, 0.15) is 11.1 Å². The fourth-order valence-electron chi connectivity index (χ4n) is 1.44. The van der Waals surface area contributed by atoms with E-state index in [4.69, 9.17) is 5.11 Å². The van der Waals surface area contributed by atoms with Gasteiger partial charge in [0, 0.05) is 0 Å². The van der Waals surface area contributed by atoms with Crippen LogP contribution in [-0.2, 0) is 9.59 Å². The number of carbonyl (C=O) groups excluding carboxylic acids is 1. The molecule has 0 radical (unpaired) electrons. The number of rotatable bonds is 4. The van der Waals surface area contributed by atoms with Crippen molar-refractivity contribution in [1.82, 2.24) is 5.32 Å². The Morgan fingerprint density at radius 3 is 2.80 bits per heavy atom. The maximum atomic E-state index is 12.7. The van der Waals surface area contributed by atoms with E-state index >= 15 is 0 Å². The largest absolute Gasteiger partial charge is 0.481 e. The summed E-state index contributed by atoms with van der Waals surface area (Å²) < 4.78 is 12.7. The van der Waals surface area contributed by atoms with Gasteiger partial charge < -0.3 is 10.4 Å². The van der Waals surface area contributed by atoms with Crippen LogP contribution in [0.25, 0.3) is 0 Å². The van der Waals surface area contributed by atoms with E-state index in [2.05, 4.69) is 15.5 Å². The molecule has 1 heterocycles. The second kappa shape index (κ2) is 6.29. The summed E-state index contributed by atoms with van der Waals surface area (Å²) >= 11 is 1.02. The quantitative estimate of drug-likeness (QED) is 0.645. The van der Waals surface area contributed by atoms with E-state index in [0.717, 1.165) is 11.8 Å². The van der Waals surface area contributed by atoms with Gasteiger partial charge in [-0.15, -0.1) is 5.10 Å². The van der Waals surface area contributed by atoms with Crippen LogP contribution in [0.15, 0.2) is 34.5 Å². The molecule has 1 saturated heterocycles. The van der Waals surface area contributed by atoms with Crippen molar-refractivity contribution >= 4 is 35.0 Å². The number of thioether (sulfide) groups is 1. The van der Waals surface area contributed by atoms with Crippen LogP contribution in [0.1, 0.15) is 12.0 Å². The highest BCUT2D eigenvalue weighted by Crippen LogP contribution is 2.22. The number of hydrogen-bond acceptors (Lipinski definition) is 5. The topological polar surface area (TPSA) is 91.1 Å². The van der Waals surface area contributed by atoms with Crippen molar-refractivity contribution in [2.45, 2.75) is 11.7 Å². The molecule has 1 aromatic carbocycles. The number of halogens is 1. The third-order valence-corrected chi connectivity index (χ3v) is 3.43. The maximum Gasteiger partial charge on any atom is 0.305 e. The SMILES string of the molecule is O=C(O)CC1S/C(=N/N=C/c2ccc(F)cc2)NC1=O. The van der Waals surface area contributed by atoms with Gasteiger partial charge in [-0.25, -0.2) is 4.39 Å². The lowest BCUT2D eigenvalue weighted by Gasteiger charge is -1.97. The summed E-state index contributed by atoms with van der Waals surface area (Å²) in [7, 11) is 0. The molecule has 0 spiro atoms. The summed E-state index contributed by atoms with van der Waals surface area (Å²) in [4.78, 5) is 22.0. The predicted octanol–water partition coefficient (Wildman–Crippen LogP) is 1.22. The molecule has 8 heteroatoms. The van der Waals surface area contributed by atoms with E-state index in [1.807, 2.05) is 0 Å². The zero-order chi connectivity index (χ0) is 14.5. The number of aliphatic carboxylic acids is 1. The Morgan fingerprint density at radius 2 is 2.15 bits per heavy atom. The Kier molecular flexibility index (Phi) is 4.46. The Bertz CT molecular complexity index is 586. The lowest BCUT2D eigenvalue weighted by atomic mass is 10.2. The lowest BCUT2D eigenvalue weighted by Crippen LogP contribution is -2.26. The second-order valence-corrected chi connectivity index (χ2v) is 5.09. The number of amides is 1. The molecular formula is C12H10FN3O3S. The summed E-state index contributed by atoms with van der Waals surface area (Å²) in [5, 5.41) is 18.2. The second-order valence-electron chi connectivity index (χ2n) is 3.89. The van der Waals surface area contributed by atoms with Crippen LogP contribution >= 0.6 is 11.8 Å². The number of amidine groups is 1. The molecule has 6 nitrogen and oxygen atoms in total. The monoisotopic (exact) mass is 295 g/mol. The van der Waals surface area contributed by atoms with Crippen molar-refractivity contribution < 1.29 is 19.1 Å². The molecule has 1 aliphatic heterocycles. The number of nitrogens with one attached hydrogen (secondary N) is 1. The Morgan fingerprint density at radius 1 is 1.45 bits per heavy atom. The number of hydrogen-bond donors (Lipinski definition) is 2. The van der Waals surface area contributed by atoms with Gasteiger partial charge in [-0.3, -0.25) is 9.59 Å². The molecule has 2 N–H and O–H groups in total. The third kappa shape index (κ3) is 3.89. The van der Waals surface area contributed by atoms with E-state index in [0.29, 0.717) is 5.56 Å². The van der Waals surface area contributed by atoms with Crippen LogP contribution in [0.4, 0.5) is 4.39 Å². The smallest absolute Gasteiger partial charge is 0.305 e. The van der Waals surface area contributed by atoms with Crippen molar-refractivity contribution in [3.8, 4) is 0 Å². The van der Waals surface area contributed by atoms with Gasteiger partial charge in [0.25, 0.3) is 0 Å². The van der Waals surface area contributed by atoms with Crippen molar-refractivity contribution in [2.75, 3.05) is 0 Å². The molecule has 1 aromatic rings. The number of carboxylic acids is 1. The number of carboxylic acid groups (broad SMARTS) is 1. The van der Waals surface area contributed by atoms with Crippen LogP contribution in [0, 0.1) is 5.82 Å². The first kappa shape index (κ1) is 14.2. The van der Waals surface area contributed by atoms with Crippen LogP contribution in [0.3, 0.4) is 0 Å². The van der Waals surface area contributed by atoms with Crippen molar-refractivity contribution in [1.29, 1.82) is 0 Å². The molecule has 1 aliphatic rings. The molecule has 1 atom stereocenters. The Labute approximate surface area is 117 Å². The lowest BCUT2D eigenvalue weighted by molar-refractivity contribution is -0.138. The minimum absolute atomic E-state index is 0.250. The van der Waals surface area contributed by atoms with Gasteiger partial charge in [-0.05, 0) is 17.7 Å². The van der Waals surface area contributed by atoms with Crippen LogP contribution in [0.2, 0.25) is 0 Å². The van der Waals surface area contributed by atoms with Crippen molar-refractivity contribution in [3.63, 3.8) is 0 Å². The highest BCUT2D eigenvalue weighted by Gasteiger charge is 2.32. The first-order valence-corrected chi connectivity index (χ1v) is 6.48. The van der Waals surface area contributed by atoms with Crippen LogP contribution in [0.5, 0.6) is 0 Å². The molecular weight excluding hydrogens is 285 g/mol. The molecule has 0 aromatic heterocycles. The summed E-state index contributed by atoms with van der Waals surface area (Å²) in [5.74, 6) is -1.79. The standard InChI is InChI=1S/C12H10FN3O3S/c13-8-3-1-7(2-4-8)6-14-16-12-15-11(19)9(20-12)5-10(17)18/h1-4,6,9H,5H2,(H,17,18)(H,15,16,19)/b14-6+. The molecule has 1 amide bonds. The van der Waals surface area contributed by atoms with E-state index in [1.165, 1.54) is 30.5 Å². The first-order chi connectivity index (χ1) is 9.54. The average Bonchev–Trinajstić information content (AvgIpc) is 2.72. The van der Waals surface area contributed by atoms with E-state index in [9.17, 15) is 14.0 Å². The third-order valence-electron chi connectivity index (χ3n) is 2.36. The van der Waals surface area contributed by atoms with Gasteiger partial charge >= 0.3 is 5.97 Å². The predicted molar refractivity (Wildman–Crippen MR) is 73.2 cm³/mol. The van der Waals surface area contributed by atoms with Gasteiger partial charge in [0.15, 0.2) is 5.17 Å². The van der Waals surface area contributed by atoms with E-state index in [-0.39, 0.29) is 17.4 Å². The van der Waals surface area contributed by atoms with Gasteiger partial charge in [0.2, 0.25) is 5.91 Å². The molecule has 1 fully saturated rings. The summed E-state index contributed by atoms with van der Waals surface area (Å²) in [6.07, 6.45) is 1.14. The highest BCUT2D eigenvalue weighted by atomic mass is 32.2. The number of nitrogens with zero attached hydrogens (tertiary/aromatic N) is 2. The fraction of sp³-hybridized carbons (Fsp3) is 0.167. The molecule has 0 saturated carbocycles. The molecule has 2 rings (SSSR count). The minimum atomic E-state index is -1.05. The Hall–Kier alpha value is -2.22. The maximum absolute atomic E-state index is 12.7. The van der Waals surface area contributed by atoms with Crippen molar-refractivity contribution in [2.24, 2.45) is 10.2 Å². The summed E-state index contributed by atoms with van der Waals surface area (Å²) in [6, 6.07) is 5.66. The van der Waals surface area contributed by atoms with Crippen LogP contribution < -0.4 is 5.32 Å². The van der Waals surface area contributed by atoms with E-state index < -0.39 is 17.1 Å². The summed E-state index contributed by atoms with van der Waals surface area (Å²) in [5.41, 5.74) is 0.659. The molecule has 20 heavy (non-hydrogen) atoms. The minimum Gasteiger partial charge on any atom is -0.481 e. The number of carbonyl (C=O) groups is 2. The zero-order valence-corrected chi connectivity index (χ0v) is 10.9. The zero-order valence-electron chi connectivity index (χ0n) is 10.1. The fourth-order valence-corrected chi connectivity index (χ4v) is 2.36. The van der Waals surface area contributed by atoms with Crippen molar-refractivity contribution in [3.05, 3.63) is 35.6 Å². The van der Waals surface area contributed by atoms with Crippen LogP contribution in [-0.4, -0.2) is 33.6 Å². The average molecular weight is 295 g/mol. The van der Waals surface area contributed by atoms with E-state index in [1.54, 1.807) is 0 Å². The normalized spacial score (nSPS) is 20.6. The van der Waals surface area contributed by atoms with Gasteiger partial charge in [-0.1, -0.05) is 23.9 Å². The number of benzene rings is 1. The van der Waals surface area contributed by atoms with Gasteiger partial charge in [0.05, 0.1) is 12.6 Å². The molecule has 0 aliphatic carbocycles. The molecule has 0 bridgehead atoms. The first-order valence-electron chi connectivity index (χ1n) is 5.60. The van der Waals surface area contributed by atoms with Gasteiger partial charge in [-0.2, -0.15) is 5.10 Å². The molecule has 104 valence electrons. The highest BCUT2D eigenvalue weighted by molar-refractivity contribution is 8.15.